The highest BCUT2D eigenvalue weighted by atomic mass is 19.3. The number of carbonyl (C=O) groups is 1. The molecule has 1 aromatic heterocycles. The van der Waals surface area contributed by atoms with Crippen molar-refractivity contribution in [2.45, 2.75) is 19.1 Å². The fourth-order valence-electron chi connectivity index (χ4n) is 1.20. The van der Waals surface area contributed by atoms with Crippen LogP contribution in [0.15, 0.2) is 18.3 Å². The van der Waals surface area contributed by atoms with Crippen molar-refractivity contribution in [2.75, 3.05) is 13.7 Å². The Balaban J connectivity index is 2.42. The van der Waals surface area contributed by atoms with E-state index in [-0.39, 0.29) is 13.1 Å². The van der Waals surface area contributed by atoms with E-state index in [1.165, 1.54) is 19.4 Å². The van der Waals surface area contributed by atoms with Gasteiger partial charge in [0, 0.05) is 19.3 Å². The molecule has 100 valence electrons. The molecule has 7 heteroatoms. The van der Waals surface area contributed by atoms with E-state index in [1.807, 2.05) is 0 Å². The number of nitrogens with zero attached hydrogens (tertiary/aromatic N) is 1. The van der Waals surface area contributed by atoms with E-state index in [4.69, 9.17) is 5.11 Å². The van der Waals surface area contributed by atoms with Crippen LogP contribution in [0.2, 0.25) is 0 Å². The molecule has 0 saturated carbocycles. The van der Waals surface area contributed by atoms with E-state index in [0.29, 0.717) is 11.3 Å². The maximum atomic E-state index is 12.0. The third-order valence-electron chi connectivity index (χ3n) is 2.20. The van der Waals surface area contributed by atoms with E-state index >= 15 is 0 Å². The van der Waals surface area contributed by atoms with Crippen LogP contribution in [0.5, 0.6) is 0 Å². The summed E-state index contributed by atoms with van der Waals surface area (Å²) >= 11 is 0. The molecule has 18 heavy (non-hydrogen) atoms. The molecule has 0 bridgehead atoms. The number of carbonyl (C=O) groups excluding carboxylic acids is 1. The lowest BCUT2D eigenvalue weighted by atomic mass is 10.2. The van der Waals surface area contributed by atoms with Crippen LogP contribution in [0.3, 0.4) is 0 Å². The maximum Gasteiger partial charge on any atom is 0.339 e. The van der Waals surface area contributed by atoms with Crippen molar-refractivity contribution >= 4 is 5.97 Å². The molecular weight excluding hydrogens is 246 g/mol. The SMILES string of the molecule is COC(=O)c1ccc(CNCC(O)C(F)F)nc1. The summed E-state index contributed by atoms with van der Waals surface area (Å²) in [4.78, 5) is 15.1. The van der Waals surface area contributed by atoms with Crippen LogP contribution < -0.4 is 5.32 Å². The number of aromatic nitrogens is 1. The van der Waals surface area contributed by atoms with Gasteiger partial charge in [-0.1, -0.05) is 0 Å². The maximum absolute atomic E-state index is 12.0. The highest BCUT2D eigenvalue weighted by Gasteiger charge is 2.15. The van der Waals surface area contributed by atoms with Gasteiger partial charge in [0.25, 0.3) is 6.43 Å². The van der Waals surface area contributed by atoms with Crippen LogP contribution >= 0.6 is 0 Å². The van der Waals surface area contributed by atoms with Crippen LogP contribution in [0.4, 0.5) is 8.78 Å². The fraction of sp³-hybridized carbons (Fsp3) is 0.455. The Hall–Kier alpha value is -1.60. The van der Waals surface area contributed by atoms with E-state index < -0.39 is 18.5 Å². The van der Waals surface area contributed by atoms with Crippen LogP contribution in [0, 0.1) is 0 Å². The molecular formula is C11H14F2N2O3. The first-order valence-electron chi connectivity index (χ1n) is 5.24. The average molecular weight is 260 g/mol. The number of rotatable bonds is 6. The molecule has 0 aromatic carbocycles. The van der Waals surface area contributed by atoms with Crippen molar-refractivity contribution in [3.63, 3.8) is 0 Å². The molecule has 5 nitrogen and oxygen atoms in total. The molecule has 0 aliphatic heterocycles. The minimum atomic E-state index is -2.77. The lowest BCUT2D eigenvalue weighted by Gasteiger charge is -2.10. The number of nitrogens with one attached hydrogen (secondary N) is 1. The van der Waals surface area contributed by atoms with Gasteiger partial charge in [-0.05, 0) is 12.1 Å². The van der Waals surface area contributed by atoms with Crippen molar-refractivity contribution in [2.24, 2.45) is 0 Å². The highest BCUT2D eigenvalue weighted by molar-refractivity contribution is 5.88. The first kappa shape index (κ1) is 14.5. The molecule has 1 atom stereocenters. The predicted molar refractivity (Wildman–Crippen MR) is 59.3 cm³/mol. The number of alkyl halides is 2. The fourth-order valence-corrected chi connectivity index (χ4v) is 1.20. The van der Waals surface area contributed by atoms with E-state index in [9.17, 15) is 13.6 Å². The molecule has 0 radical (unpaired) electrons. The Morgan fingerprint density at radius 2 is 2.28 bits per heavy atom. The lowest BCUT2D eigenvalue weighted by molar-refractivity contribution is -0.00344. The lowest BCUT2D eigenvalue weighted by Crippen LogP contribution is -2.31. The van der Waals surface area contributed by atoms with Gasteiger partial charge in [0.2, 0.25) is 0 Å². The number of pyridine rings is 1. The zero-order valence-corrected chi connectivity index (χ0v) is 9.77. The van der Waals surface area contributed by atoms with Crippen LogP contribution in [-0.4, -0.2) is 42.2 Å². The quantitative estimate of drug-likeness (QED) is 0.732. The summed E-state index contributed by atoms with van der Waals surface area (Å²) in [6.07, 6.45) is -3.13. The number of hydrogen-bond acceptors (Lipinski definition) is 5. The summed E-state index contributed by atoms with van der Waals surface area (Å²) in [6.45, 7) is 0.00331. The second-order valence-electron chi connectivity index (χ2n) is 3.56. The Morgan fingerprint density at radius 3 is 2.78 bits per heavy atom. The first-order chi connectivity index (χ1) is 8.54. The molecule has 1 rings (SSSR count). The largest absolute Gasteiger partial charge is 0.465 e. The molecule has 1 aromatic rings. The van der Waals surface area contributed by atoms with Gasteiger partial charge >= 0.3 is 5.97 Å². The Labute approximate surface area is 103 Å². The molecule has 0 amide bonds. The van der Waals surface area contributed by atoms with Gasteiger partial charge in [-0.15, -0.1) is 0 Å². The van der Waals surface area contributed by atoms with Crippen LogP contribution in [0.25, 0.3) is 0 Å². The number of ether oxygens (including phenoxy) is 1. The molecule has 1 heterocycles. The van der Waals surface area contributed by atoms with Gasteiger partial charge in [-0.2, -0.15) is 0 Å². The number of esters is 1. The average Bonchev–Trinajstić information content (AvgIpc) is 2.38. The van der Waals surface area contributed by atoms with Crippen molar-refractivity contribution in [3.05, 3.63) is 29.6 Å². The van der Waals surface area contributed by atoms with E-state index in [0.717, 1.165) is 0 Å². The molecule has 0 spiro atoms. The van der Waals surface area contributed by atoms with Crippen LogP contribution in [-0.2, 0) is 11.3 Å². The highest BCUT2D eigenvalue weighted by Crippen LogP contribution is 2.03. The summed E-state index contributed by atoms with van der Waals surface area (Å²) in [6, 6.07) is 3.10. The predicted octanol–water partition coefficient (Wildman–Crippen LogP) is 0.584. The first-order valence-corrected chi connectivity index (χ1v) is 5.24. The minimum absolute atomic E-state index is 0.224. The molecule has 0 saturated heterocycles. The molecule has 0 fully saturated rings. The van der Waals surface area contributed by atoms with Crippen molar-refractivity contribution in [1.29, 1.82) is 0 Å². The number of aliphatic hydroxyl groups is 1. The van der Waals surface area contributed by atoms with Gasteiger partial charge < -0.3 is 15.2 Å². The number of halogens is 2. The topological polar surface area (TPSA) is 71.5 Å². The van der Waals surface area contributed by atoms with E-state index in [2.05, 4.69) is 15.0 Å². The van der Waals surface area contributed by atoms with Gasteiger partial charge in [0.15, 0.2) is 0 Å². The third kappa shape index (κ3) is 4.34. The van der Waals surface area contributed by atoms with Crippen LogP contribution in [0.1, 0.15) is 16.1 Å². The normalized spacial score (nSPS) is 12.5. The number of hydrogen-bond donors (Lipinski definition) is 2. The summed E-state index contributed by atoms with van der Waals surface area (Å²) in [5.41, 5.74) is 0.887. The summed E-state index contributed by atoms with van der Waals surface area (Å²) < 4.78 is 28.5. The third-order valence-corrected chi connectivity index (χ3v) is 2.20. The van der Waals surface area contributed by atoms with Gasteiger partial charge in [0.05, 0.1) is 18.4 Å². The summed E-state index contributed by atoms with van der Waals surface area (Å²) in [5.74, 6) is -0.491. The summed E-state index contributed by atoms with van der Waals surface area (Å²) in [7, 11) is 1.27. The molecule has 2 N–H and O–H groups in total. The second-order valence-corrected chi connectivity index (χ2v) is 3.56. The monoisotopic (exact) mass is 260 g/mol. The van der Waals surface area contributed by atoms with E-state index in [1.54, 1.807) is 6.07 Å². The van der Waals surface area contributed by atoms with Gasteiger partial charge in [-0.25, -0.2) is 13.6 Å². The Morgan fingerprint density at radius 1 is 1.56 bits per heavy atom. The van der Waals surface area contributed by atoms with Crippen molar-refractivity contribution < 1.29 is 23.4 Å². The van der Waals surface area contributed by atoms with Gasteiger partial charge in [0.1, 0.15) is 6.10 Å². The molecule has 1 unspecified atom stereocenters. The number of methoxy groups -OCH3 is 1. The van der Waals surface area contributed by atoms with Crippen molar-refractivity contribution in [1.82, 2.24) is 10.3 Å². The minimum Gasteiger partial charge on any atom is -0.465 e. The Kier molecular flexibility index (Phi) is 5.60. The summed E-state index contributed by atoms with van der Waals surface area (Å²) in [5, 5.41) is 11.5. The zero-order valence-electron chi connectivity index (χ0n) is 9.77. The van der Waals surface area contributed by atoms with Gasteiger partial charge in [-0.3, -0.25) is 4.98 Å². The Bertz CT molecular complexity index is 384. The molecule has 0 aliphatic carbocycles. The second kappa shape index (κ2) is 6.97. The molecule has 0 aliphatic rings. The zero-order chi connectivity index (χ0) is 13.5. The standard InChI is InChI=1S/C11H14F2N2O3/c1-18-11(17)7-2-3-8(15-4-7)5-14-6-9(16)10(12)13/h2-4,9-10,14,16H,5-6H2,1H3. The number of aliphatic hydroxyl groups excluding tert-OH is 1. The smallest absolute Gasteiger partial charge is 0.339 e. The van der Waals surface area contributed by atoms with Crippen molar-refractivity contribution in [3.8, 4) is 0 Å².